The molecule has 0 aromatic heterocycles. The molecule has 0 saturated carbocycles. The van der Waals surface area contributed by atoms with Crippen LogP contribution in [-0.4, -0.2) is 39.7 Å². The maximum Gasteiger partial charge on any atom is 0.170 e. The van der Waals surface area contributed by atoms with Crippen molar-refractivity contribution in [3.63, 3.8) is 0 Å². The van der Waals surface area contributed by atoms with Gasteiger partial charge in [0.1, 0.15) is 0 Å². The molecule has 1 atom stereocenters. The van der Waals surface area contributed by atoms with E-state index >= 15 is 0 Å². The Kier molecular flexibility index (Phi) is 5.57. The molecule has 1 aromatic rings. The average Bonchev–Trinajstić information content (AvgIpc) is 2.35. The highest BCUT2D eigenvalue weighted by atomic mass is 35.5. The molecule has 94 valence electrons. The van der Waals surface area contributed by atoms with Gasteiger partial charge in [0.25, 0.3) is 0 Å². The Balaban J connectivity index is 2.76. The molecule has 0 aliphatic rings. The van der Waals surface area contributed by atoms with Crippen LogP contribution in [0, 0.1) is 0 Å². The first-order valence-corrected chi connectivity index (χ1v) is 6.14. The first-order chi connectivity index (χ1) is 8.08. The van der Waals surface area contributed by atoms with E-state index in [9.17, 15) is 5.11 Å². The summed E-state index contributed by atoms with van der Waals surface area (Å²) in [5.41, 5.74) is 5.94. The van der Waals surface area contributed by atoms with E-state index < -0.39 is 6.10 Å². The quantitative estimate of drug-likeness (QED) is 0.210. The van der Waals surface area contributed by atoms with Gasteiger partial charge >= 0.3 is 0 Å². The van der Waals surface area contributed by atoms with Gasteiger partial charge in [0.15, 0.2) is 5.84 Å². The number of aliphatic hydroxyl groups excluding tert-OH is 2. The molecule has 17 heavy (non-hydrogen) atoms. The lowest BCUT2D eigenvalue weighted by Crippen LogP contribution is -2.15. The smallest absolute Gasteiger partial charge is 0.170 e. The maximum atomic E-state index is 9.20. The molecule has 0 heterocycles. The van der Waals surface area contributed by atoms with E-state index in [1.807, 2.05) is 0 Å². The molecular weight excluding hydrogens is 264 g/mol. The van der Waals surface area contributed by atoms with Crippen LogP contribution in [0.25, 0.3) is 0 Å². The van der Waals surface area contributed by atoms with Gasteiger partial charge in [-0.1, -0.05) is 16.8 Å². The van der Waals surface area contributed by atoms with E-state index in [2.05, 4.69) is 5.16 Å². The van der Waals surface area contributed by atoms with Crippen LogP contribution in [0.2, 0.25) is 5.02 Å². The lowest BCUT2D eigenvalue weighted by atomic mass is 10.2. The second kappa shape index (κ2) is 6.70. The van der Waals surface area contributed by atoms with E-state index in [4.69, 9.17) is 27.6 Å². The summed E-state index contributed by atoms with van der Waals surface area (Å²) in [7, 11) is 0. The number of thioether (sulfide) groups is 1. The third kappa shape index (κ3) is 4.08. The number of oxime groups is 1. The van der Waals surface area contributed by atoms with Crippen LogP contribution in [0.15, 0.2) is 28.3 Å². The zero-order valence-electron chi connectivity index (χ0n) is 8.88. The molecule has 7 heteroatoms. The first-order valence-electron chi connectivity index (χ1n) is 4.77. The first kappa shape index (κ1) is 14.1. The zero-order chi connectivity index (χ0) is 12.8. The highest BCUT2D eigenvalue weighted by Crippen LogP contribution is 2.28. The van der Waals surface area contributed by atoms with Gasteiger partial charge in [0.05, 0.1) is 17.7 Å². The summed E-state index contributed by atoms with van der Waals surface area (Å²) in [6.45, 7) is -0.285. The Morgan fingerprint density at radius 3 is 2.76 bits per heavy atom. The van der Waals surface area contributed by atoms with Gasteiger partial charge in [-0.25, -0.2) is 0 Å². The summed E-state index contributed by atoms with van der Waals surface area (Å²) in [5.74, 6) is 0.331. The number of aliphatic hydroxyl groups is 2. The molecule has 1 aromatic carbocycles. The summed E-state index contributed by atoms with van der Waals surface area (Å²) >= 11 is 7.32. The SMILES string of the molecule is N/C(=N\O)c1ccc(SCC(O)CO)c(Cl)c1. The lowest BCUT2D eigenvalue weighted by molar-refractivity contribution is 0.113. The summed E-state index contributed by atoms with van der Waals surface area (Å²) < 4.78 is 0. The van der Waals surface area contributed by atoms with E-state index in [-0.39, 0.29) is 12.4 Å². The highest BCUT2D eigenvalue weighted by molar-refractivity contribution is 7.99. The van der Waals surface area contributed by atoms with Crippen molar-refractivity contribution in [2.45, 2.75) is 11.0 Å². The highest BCUT2D eigenvalue weighted by Gasteiger charge is 2.08. The van der Waals surface area contributed by atoms with E-state index in [1.54, 1.807) is 18.2 Å². The number of hydrogen-bond donors (Lipinski definition) is 4. The third-order valence-electron chi connectivity index (χ3n) is 1.98. The fourth-order valence-electron chi connectivity index (χ4n) is 1.07. The van der Waals surface area contributed by atoms with Crippen molar-refractivity contribution in [2.24, 2.45) is 10.9 Å². The lowest BCUT2D eigenvalue weighted by Gasteiger charge is -2.08. The van der Waals surface area contributed by atoms with Gasteiger partial charge in [-0.15, -0.1) is 11.8 Å². The predicted octanol–water partition coefficient (Wildman–Crippen LogP) is 0.880. The molecule has 0 saturated heterocycles. The Morgan fingerprint density at radius 2 is 2.24 bits per heavy atom. The van der Waals surface area contributed by atoms with Crippen molar-refractivity contribution in [1.29, 1.82) is 0 Å². The van der Waals surface area contributed by atoms with Crippen LogP contribution in [0.4, 0.5) is 0 Å². The molecule has 5 N–H and O–H groups in total. The number of nitrogens with two attached hydrogens (primary N) is 1. The number of nitrogens with zero attached hydrogens (tertiary/aromatic N) is 1. The molecule has 0 radical (unpaired) electrons. The average molecular weight is 277 g/mol. The number of amidine groups is 1. The molecular formula is C10H13ClN2O3S. The van der Waals surface area contributed by atoms with Crippen LogP contribution < -0.4 is 5.73 Å². The Bertz CT molecular complexity index is 415. The Labute approximate surface area is 108 Å². The van der Waals surface area contributed by atoms with Crippen molar-refractivity contribution >= 4 is 29.2 Å². The molecule has 0 spiro atoms. The standard InChI is InChI=1S/C10H13ClN2O3S/c11-8-3-6(10(12)13-16)1-2-9(8)17-5-7(15)4-14/h1-3,7,14-16H,4-5H2,(H2,12,13). The molecule has 1 rings (SSSR count). The minimum Gasteiger partial charge on any atom is -0.409 e. The Hall–Kier alpha value is -0.950. The third-order valence-corrected chi connectivity index (χ3v) is 3.62. The molecule has 0 bridgehead atoms. The summed E-state index contributed by atoms with van der Waals surface area (Å²) in [5, 5.41) is 29.7. The fourth-order valence-corrected chi connectivity index (χ4v) is 2.26. The fraction of sp³-hybridized carbons (Fsp3) is 0.300. The van der Waals surface area contributed by atoms with Crippen molar-refractivity contribution in [1.82, 2.24) is 0 Å². The van der Waals surface area contributed by atoms with Gasteiger partial charge in [0, 0.05) is 16.2 Å². The molecule has 5 nitrogen and oxygen atoms in total. The summed E-state index contributed by atoms with van der Waals surface area (Å²) in [6.07, 6.45) is -0.778. The second-order valence-corrected chi connectivity index (χ2v) is 4.75. The normalized spacial score (nSPS) is 13.7. The van der Waals surface area contributed by atoms with Crippen molar-refractivity contribution < 1.29 is 15.4 Å². The van der Waals surface area contributed by atoms with Crippen LogP contribution in [-0.2, 0) is 0 Å². The van der Waals surface area contributed by atoms with Crippen LogP contribution in [0.1, 0.15) is 5.56 Å². The van der Waals surface area contributed by atoms with E-state index in [1.165, 1.54) is 11.8 Å². The van der Waals surface area contributed by atoms with Crippen LogP contribution >= 0.6 is 23.4 Å². The number of hydrogen-bond acceptors (Lipinski definition) is 5. The second-order valence-electron chi connectivity index (χ2n) is 3.28. The zero-order valence-corrected chi connectivity index (χ0v) is 10.4. The predicted molar refractivity (Wildman–Crippen MR) is 67.8 cm³/mol. The summed E-state index contributed by atoms with van der Waals surface area (Å²) in [6, 6.07) is 4.95. The molecule has 0 amide bonds. The van der Waals surface area contributed by atoms with Crippen LogP contribution in [0.5, 0.6) is 0 Å². The van der Waals surface area contributed by atoms with E-state index in [0.717, 1.165) is 4.90 Å². The minimum absolute atomic E-state index is 0.0150. The van der Waals surface area contributed by atoms with Crippen LogP contribution in [0.3, 0.4) is 0 Å². The van der Waals surface area contributed by atoms with Gasteiger partial charge in [0.2, 0.25) is 0 Å². The van der Waals surface area contributed by atoms with Crippen molar-refractivity contribution in [3.05, 3.63) is 28.8 Å². The van der Waals surface area contributed by atoms with Crippen molar-refractivity contribution in [3.8, 4) is 0 Å². The number of halogens is 1. The topological polar surface area (TPSA) is 99.1 Å². The Morgan fingerprint density at radius 1 is 1.53 bits per heavy atom. The summed E-state index contributed by atoms with van der Waals surface area (Å²) in [4.78, 5) is 0.758. The maximum absolute atomic E-state index is 9.20. The van der Waals surface area contributed by atoms with Gasteiger partial charge in [-0.2, -0.15) is 0 Å². The molecule has 1 unspecified atom stereocenters. The minimum atomic E-state index is -0.778. The molecule has 0 aliphatic carbocycles. The molecule has 0 aliphatic heterocycles. The van der Waals surface area contributed by atoms with Gasteiger partial charge < -0.3 is 21.2 Å². The monoisotopic (exact) mass is 276 g/mol. The molecule has 0 fully saturated rings. The largest absolute Gasteiger partial charge is 0.409 e. The van der Waals surface area contributed by atoms with Gasteiger partial charge in [-0.05, 0) is 18.2 Å². The van der Waals surface area contributed by atoms with Gasteiger partial charge in [-0.3, -0.25) is 0 Å². The van der Waals surface area contributed by atoms with Crippen molar-refractivity contribution in [2.75, 3.05) is 12.4 Å². The van der Waals surface area contributed by atoms with E-state index in [0.29, 0.717) is 16.3 Å². The number of benzene rings is 1. The number of rotatable bonds is 5.